The highest BCUT2D eigenvalue weighted by atomic mass is 35.5. The summed E-state index contributed by atoms with van der Waals surface area (Å²) in [6.07, 6.45) is 3.62. The maximum Gasteiger partial charge on any atom is 0.244 e. The topological polar surface area (TPSA) is 46.2 Å². The van der Waals surface area contributed by atoms with Crippen LogP contribution < -0.4 is 5.32 Å². The normalized spacial score (nSPS) is 10.2. The molecule has 0 heterocycles. The number of amides is 1. The summed E-state index contributed by atoms with van der Waals surface area (Å²) in [6, 6.07) is 7.12. The molecule has 0 fully saturated rings. The van der Waals surface area contributed by atoms with Crippen LogP contribution in [0, 0.1) is 0 Å². The molecule has 0 aliphatic heterocycles. The Morgan fingerprint density at radius 1 is 1.47 bits per heavy atom. The molecule has 1 amide bonds. The van der Waals surface area contributed by atoms with E-state index in [1.807, 2.05) is 6.07 Å². The van der Waals surface area contributed by atoms with E-state index in [-0.39, 0.29) is 12.5 Å². The number of rotatable bonds is 4. The summed E-state index contributed by atoms with van der Waals surface area (Å²) in [7, 11) is 0. The van der Waals surface area contributed by atoms with E-state index >= 15 is 0 Å². The lowest BCUT2D eigenvalue weighted by molar-refractivity contribution is -0.118. The Morgan fingerprint density at radius 3 is 2.93 bits per heavy atom. The Bertz CT molecular complexity index is 388. The minimum Gasteiger partial charge on any atom is -0.346 e. The van der Waals surface area contributed by atoms with Crippen molar-refractivity contribution in [1.82, 2.24) is 5.32 Å². The summed E-state index contributed by atoms with van der Waals surface area (Å²) < 4.78 is 0. The molecule has 3 nitrogen and oxygen atoms in total. The second kappa shape index (κ2) is 5.98. The van der Waals surface area contributed by atoms with Gasteiger partial charge in [0, 0.05) is 11.1 Å². The van der Waals surface area contributed by atoms with Crippen molar-refractivity contribution in [3.8, 4) is 0 Å². The van der Waals surface area contributed by atoms with Gasteiger partial charge in [-0.1, -0.05) is 23.7 Å². The average Bonchev–Trinajstić information content (AvgIpc) is 2.23. The molecule has 1 N–H and O–H groups in total. The lowest BCUT2D eigenvalue weighted by Crippen LogP contribution is -2.22. The predicted octanol–water partition coefficient (Wildman–Crippen LogP) is 1.67. The molecule has 0 aliphatic rings. The van der Waals surface area contributed by atoms with Crippen LogP contribution in [-0.2, 0) is 9.59 Å². The number of carbonyl (C=O) groups is 2. The standard InChI is InChI=1S/C11H10ClNO2/c12-10-3-1-2-9(8-10)4-5-11(15)13-6-7-14/h1-5,7-8H,6H2,(H,13,15)/b5-4+. The SMILES string of the molecule is O=CCNC(=O)/C=C/c1cccc(Cl)c1. The molecule has 0 saturated heterocycles. The van der Waals surface area contributed by atoms with Gasteiger partial charge in [0.15, 0.2) is 0 Å². The van der Waals surface area contributed by atoms with Crippen molar-refractivity contribution in [2.75, 3.05) is 6.54 Å². The van der Waals surface area contributed by atoms with Gasteiger partial charge in [0.2, 0.25) is 5.91 Å². The van der Waals surface area contributed by atoms with Crippen molar-refractivity contribution in [2.24, 2.45) is 0 Å². The van der Waals surface area contributed by atoms with E-state index in [0.29, 0.717) is 11.3 Å². The Morgan fingerprint density at radius 2 is 2.27 bits per heavy atom. The van der Waals surface area contributed by atoms with Crippen LogP contribution in [0.1, 0.15) is 5.56 Å². The monoisotopic (exact) mass is 223 g/mol. The van der Waals surface area contributed by atoms with Gasteiger partial charge in [-0.15, -0.1) is 0 Å². The number of hydrogen-bond donors (Lipinski definition) is 1. The second-order valence-corrected chi connectivity index (χ2v) is 3.24. The maximum absolute atomic E-state index is 11.1. The third-order valence-electron chi connectivity index (χ3n) is 1.64. The summed E-state index contributed by atoms with van der Waals surface area (Å²) >= 11 is 5.76. The fourth-order valence-corrected chi connectivity index (χ4v) is 1.18. The van der Waals surface area contributed by atoms with Crippen LogP contribution in [0.15, 0.2) is 30.3 Å². The smallest absolute Gasteiger partial charge is 0.244 e. The molecule has 1 rings (SSSR count). The highest BCUT2D eigenvalue weighted by molar-refractivity contribution is 6.30. The average molecular weight is 224 g/mol. The van der Waals surface area contributed by atoms with Crippen LogP contribution in [0.5, 0.6) is 0 Å². The lowest BCUT2D eigenvalue weighted by atomic mass is 10.2. The maximum atomic E-state index is 11.1. The number of hydrogen-bond acceptors (Lipinski definition) is 2. The number of nitrogens with one attached hydrogen (secondary N) is 1. The fourth-order valence-electron chi connectivity index (χ4n) is 0.983. The first-order valence-electron chi connectivity index (χ1n) is 4.37. The molecular formula is C11H10ClNO2. The zero-order chi connectivity index (χ0) is 11.1. The molecule has 0 saturated carbocycles. The molecule has 1 aromatic rings. The first-order valence-corrected chi connectivity index (χ1v) is 4.75. The van der Waals surface area contributed by atoms with Crippen LogP contribution in [-0.4, -0.2) is 18.7 Å². The number of benzene rings is 1. The molecule has 1 aromatic carbocycles. The highest BCUT2D eigenvalue weighted by Gasteiger charge is 1.93. The zero-order valence-corrected chi connectivity index (χ0v) is 8.70. The van der Waals surface area contributed by atoms with Crippen LogP contribution in [0.2, 0.25) is 5.02 Å². The summed E-state index contributed by atoms with van der Waals surface area (Å²) in [4.78, 5) is 21.0. The van der Waals surface area contributed by atoms with E-state index in [1.54, 1.807) is 24.3 Å². The molecule has 15 heavy (non-hydrogen) atoms. The summed E-state index contributed by atoms with van der Waals surface area (Å²) in [6.45, 7) is 0.0265. The van der Waals surface area contributed by atoms with Gasteiger partial charge in [0.05, 0.1) is 6.54 Å². The fraction of sp³-hybridized carbons (Fsp3) is 0.0909. The molecule has 0 aromatic heterocycles. The van der Waals surface area contributed by atoms with Gasteiger partial charge in [-0.2, -0.15) is 0 Å². The number of halogens is 1. The zero-order valence-electron chi connectivity index (χ0n) is 7.94. The van der Waals surface area contributed by atoms with Crippen molar-refractivity contribution in [2.45, 2.75) is 0 Å². The molecule has 0 bridgehead atoms. The Balaban J connectivity index is 2.57. The van der Waals surface area contributed by atoms with E-state index in [0.717, 1.165) is 5.56 Å². The van der Waals surface area contributed by atoms with Gasteiger partial charge in [0.1, 0.15) is 6.29 Å². The molecule has 0 aliphatic carbocycles. The van der Waals surface area contributed by atoms with Crippen molar-refractivity contribution in [1.29, 1.82) is 0 Å². The minimum atomic E-state index is -0.304. The minimum absolute atomic E-state index is 0.0265. The molecule has 0 radical (unpaired) electrons. The van der Waals surface area contributed by atoms with Gasteiger partial charge in [-0.3, -0.25) is 4.79 Å². The Labute approximate surface area is 92.7 Å². The van der Waals surface area contributed by atoms with Crippen molar-refractivity contribution in [3.05, 3.63) is 40.9 Å². The van der Waals surface area contributed by atoms with Crippen LogP contribution in [0.25, 0.3) is 6.08 Å². The first kappa shape index (κ1) is 11.5. The quantitative estimate of drug-likeness (QED) is 0.624. The van der Waals surface area contributed by atoms with Crippen LogP contribution in [0.4, 0.5) is 0 Å². The van der Waals surface area contributed by atoms with Gasteiger partial charge in [0.25, 0.3) is 0 Å². The lowest BCUT2D eigenvalue weighted by Gasteiger charge is -1.95. The summed E-state index contributed by atoms with van der Waals surface area (Å²) in [5.41, 5.74) is 0.837. The Hall–Kier alpha value is -1.61. The molecule has 0 spiro atoms. The first-order chi connectivity index (χ1) is 7.22. The van der Waals surface area contributed by atoms with Crippen molar-refractivity contribution >= 4 is 29.9 Å². The molecule has 0 atom stereocenters. The van der Waals surface area contributed by atoms with Crippen LogP contribution in [0.3, 0.4) is 0 Å². The third kappa shape index (κ3) is 4.42. The summed E-state index contributed by atoms with van der Waals surface area (Å²) in [5.74, 6) is -0.304. The van der Waals surface area contributed by atoms with E-state index < -0.39 is 0 Å². The van der Waals surface area contributed by atoms with E-state index in [9.17, 15) is 9.59 Å². The molecule has 0 unspecified atom stereocenters. The van der Waals surface area contributed by atoms with Gasteiger partial charge >= 0.3 is 0 Å². The van der Waals surface area contributed by atoms with Crippen LogP contribution >= 0.6 is 11.6 Å². The molecular weight excluding hydrogens is 214 g/mol. The summed E-state index contributed by atoms with van der Waals surface area (Å²) in [5, 5.41) is 3.01. The molecule has 78 valence electrons. The van der Waals surface area contributed by atoms with E-state index in [2.05, 4.69) is 5.32 Å². The third-order valence-corrected chi connectivity index (χ3v) is 1.87. The van der Waals surface area contributed by atoms with Gasteiger partial charge < -0.3 is 10.1 Å². The Kier molecular flexibility index (Phi) is 4.57. The van der Waals surface area contributed by atoms with E-state index in [1.165, 1.54) is 6.08 Å². The van der Waals surface area contributed by atoms with Crippen molar-refractivity contribution in [3.63, 3.8) is 0 Å². The van der Waals surface area contributed by atoms with Gasteiger partial charge in [-0.05, 0) is 23.8 Å². The number of carbonyl (C=O) groups excluding carboxylic acids is 2. The highest BCUT2D eigenvalue weighted by Crippen LogP contribution is 2.11. The van der Waals surface area contributed by atoms with E-state index in [4.69, 9.17) is 11.6 Å². The largest absolute Gasteiger partial charge is 0.346 e. The number of aldehydes is 1. The predicted molar refractivity (Wildman–Crippen MR) is 59.6 cm³/mol. The molecule has 4 heteroatoms. The van der Waals surface area contributed by atoms with Gasteiger partial charge in [-0.25, -0.2) is 0 Å². The van der Waals surface area contributed by atoms with Crippen molar-refractivity contribution < 1.29 is 9.59 Å². The second-order valence-electron chi connectivity index (χ2n) is 2.80.